The van der Waals surface area contributed by atoms with Gasteiger partial charge in [0.2, 0.25) is 15.9 Å². The predicted molar refractivity (Wildman–Crippen MR) is 93.0 cm³/mol. The number of rotatable bonds is 5. The van der Waals surface area contributed by atoms with Gasteiger partial charge in [0.05, 0.1) is 17.7 Å². The number of nitrogens with one attached hydrogen (secondary N) is 1. The summed E-state index contributed by atoms with van der Waals surface area (Å²) in [6.45, 7) is 1.15. The predicted octanol–water partition coefficient (Wildman–Crippen LogP) is 2.30. The molecule has 6 nitrogen and oxygen atoms in total. The minimum Gasteiger partial charge on any atom is -0.458 e. The van der Waals surface area contributed by atoms with Gasteiger partial charge in [0.25, 0.3) is 0 Å². The van der Waals surface area contributed by atoms with Gasteiger partial charge in [-0.3, -0.25) is 4.79 Å². The Morgan fingerprint density at radius 2 is 2.08 bits per heavy atom. The molecule has 0 unspecified atom stereocenters. The fraction of sp³-hybridized carbons (Fsp3) is 0.438. The molecule has 0 atom stereocenters. The highest BCUT2D eigenvalue weighted by molar-refractivity contribution is 7.88. The summed E-state index contributed by atoms with van der Waals surface area (Å²) in [4.78, 5) is 13.3. The van der Waals surface area contributed by atoms with E-state index in [1.807, 2.05) is 29.6 Å². The molecule has 1 N–H and O–H groups in total. The van der Waals surface area contributed by atoms with Crippen molar-refractivity contribution in [2.75, 3.05) is 19.3 Å². The second-order valence-corrected chi connectivity index (χ2v) is 8.83. The summed E-state index contributed by atoms with van der Waals surface area (Å²) in [6, 6.07) is 7.72. The van der Waals surface area contributed by atoms with Gasteiger partial charge >= 0.3 is 0 Å². The van der Waals surface area contributed by atoms with Crippen LogP contribution in [0.25, 0.3) is 10.6 Å². The van der Waals surface area contributed by atoms with E-state index >= 15 is 0 Å². The lowest BCUT2D eigenvalue weighted by Crippen LogP contribution is -2.42. The number of carbonyl (C=O) groups excluding carboxylic acids is 1. The Bertz CT molecular complexity index is 788. The van der Waals surface area contributed by atoms with Crippen molar-refractivity contribution in [2.24, 2.45) is 5.92 Å². The fourth-order valence-corrected chi connectivity index (χ4v) is 4.35. The minimum atomic E-state index is -3.16. The van der Waals surface area contributed by atoms with E-state index in [4.69, 9.17) is 4.42 Å². The van der Waals surface area contributed by atoms with Gasteiger partial charge in [-0.25, -0.2) is 12.7 Å². The Balaban J connectivity index is 1.50. The molecule has 1 amide bonds. The first-order valence-electron chi connectivity index (χ1n) is 7.79. The van der Waals surface area contributed by atoms with Crippen LogP contribution in [0.5, 0.6) is 0 Å². The largest absolute Gasteiger partial charge is 0.458 e. The molecule has 130 valence electrons. The van der Waals surface area contributed by atoms with Crippen LogP contribution in [0.2, 0.25) is 0 Å². The number of nitrogens with zero attached hydrogens (tertiary/aromatic N) is 1. The Morgan fingerprint density at radius 3 is 2.71 bits per heavy atom. The third kappa shape index (κ3) is 4.06. The van der Waals surface area contributed by atoms with Crippen LogP contribution in [0.4, 0.5) is 0 Å². The first kappa shape index (κ1) is 17.2. The molecule has 24 heavy (non-hydrogen) atoms. The minimum absolute atomic E-state index is 0.0442. The molecule has 2 aromatic heterocycles. The lowest BCUT2D eigenvalue weighted by atomic mass is 9.97. The molecular weight excluding hydrogens is 348 g/mol. The van der Waals surface area contributed by atoms with E-state index in [1.54, 1.807) is 11.3 Å². The summed E-state index contributed by atoms with van der Waals surface area (Å²) >= 11 is 1.60. The number of carbonyl (C=O) groups is 1. The van der Waals surface area contributed by atoms with Gasteiger partial charge in [-0.15, -0.1) is 11.3 Å². The van der Waals surface area contributed by atoms with Crippen molar-refractivity contribution < 1.29 is 17.6 Å². The maximum absolute atomic E-state index is 12.2. The molecule has 8 heteroatoms. The fourth-order valence-electron chi connectivity index (χ4n) is 2.79. The Hall–Kier alpha value is -1.64. The number of furan rings is 1. The number of thiophene rings is 1. The quantitative estimate of drug-likeness (QED) is 0.878. The van der Waals surface area contributed by atoms with Crippen molar-refractivity contribution in [2.45, 2.75) is 19.4 Å². The molecule has 3 rings (SSSR count). The Morgan fingerprint density at radius 1 is 1.33 bits per heavy atom. The molecule has 1 aliphatic heterocycles. The first-order valence-corrected chi connectivity index (χ1v) is 10.5. The van der Waals surface area contributed by atoms with E-state index in [1.165, 1.54) is 10.6 Å². The molecular formula is C16H20N2O4S2. The van der Waals surface area contributed by atoms with Gasteiger partial charge in [0.1, 0.15) is 11.5 Å². The van der Waals surface area contributed by atoms with Crippen LogP contribution in [0.3, 0.4) is 0 Å². The number of amides is 1. The Kier molecular flexibility index (Phi) is 5.07. The van der Waals surface area contributed by atoms with E-state index in [9.17, 15) is 13.2 Å². The van der Waals surface area contributed by atoms with Crippen LogP contribution >= 0.6 is 11.3 Å². The summed E-state index contributed by atoms with van der Waals surface area (Å²) in [5.41, 5.74) is 0. The van der Waals surface area contributed by atoms with Crippen molar-refractivity contribution in [3.05, 3.63) is 35.4 Å². The number of hydrogen-bond acceptors (Lipinski definition) is 5. The zero-order valence-corrected chi connectivity index (χ0v) is 15.0. The average Bonchev–Trinajstić information content (AvgIpc) is 3.23. The molecule has 1 fully saturated rings. The van der Waals surface area contributed by atoms with Gasteiger partial charge < -0.3 is 9.73 Å². The summed E-state index contributed by atoms with van der Waals surface area (Å²) in [5, 5.41) is 4.87. The SMILES string of the molecule is CS(=O)(=O)N1CCC(C(=O)NCc2ccc(-c3cccs3)o2)CC1. The van der Waals surface area contributed by atoms with E-state index in [-0.39, 0.29) is 11.8 Å². The second kappa shape index (κ2) is 7.08. The van der Waals surface area contributed by atoms with Crippen LogP contribution in [0.15, 0.2) is 34.1 Å². The highest BCUT2D eigenvalue weighted by Crippen LogP contribution is 2.26. The lowest BCUT2D eigenvalue weighted by molar-refractivity contribution is -0.126. The molecule has 2 aromatic rings. The maximum atomic E-state index is 12.2. The second-order valence-electron chi connectivity index (χ2n) is 5.90. The van der Waals surface area contributed by atoms with Crippen LogP contribution in [0, 0.1) is 5.92 Å². The van der Waals surface area contributed by atoms with Crippen LogP contribution in [0.1, 0.15) is 18.6 Å². The average molecular weight is 368 g/mol. The zero-order chi connectivity index (χ0) is 17.2. The lowest BCUT2D eigenvalue weighted by Gasteiger charge is -2.29. The van der Waals surface area contributed by atoms with Gasteiger partial charge in [-0.05, 0) is 36.4 Å². The molecule has 0 saturated carbocycles. The van der Waals surface area contributed by atoms with Crippen LogP contribution in [-0.2, 0) is 21.4 Å². The molecule has 1 aliphatic rings. The van der Waals surface area contributed by atoms with Crippen LogP contribution < -0.4 is 5.32 Å². The first-order chi connectivity index (χ1) is 11.4. The van der Waals surface area contributed by atoms with Gasteiger partial charge in [-0.1, -0.05) is 6.07 Å². The Labute approximate surface area is 145 Å². The highest BCUT2D eigenvalue weighted by Gasteiger charge is 2.28. The van der Waals surface area contributed by atoms with E-state index in [2.05, 4.69) is 5.32 Å². The van der Waals surface area contributed by atoms with Crippen molar-refractivity contribution in [3.63, 3.8) is 0 Å². The third-order valence-corrected chi connectivity index (χ3v) is 6.34. The summed E-state index contributed by atoms with van der Waals surface area (Å²) in [7, 11) is -3.16. The molecule has 0 radical (unpaired) electrons. The molecule has 0 bridgehead atoms. The third-order valence-electron chi connectivity index (χ3n) is 4.16. The molecule has 3 heterocycles. The van der Waals surface area contributed by atoms with Crippen molar-refractivity contribution in [1.29, 1.82) is 0 Å². The maximum Gasteiger partial charge on any atom is 0.223 e. The standard InChI is InChI=1S/C16H20N2O4S2/c1-24(20,21)18-8-6-12(7-9-18)16(19)17-11-13-4-5-14(22-13)15-3-2-10-23-15/h2-5,10,12H,6-9,11H2,1H3,(H,17,19). The topological polar surface area (TPSA) is 79.6 Å². The summed E-state index contributed by atoms with van der Waals surface area (Å²) < 4.78 is 30.1. The van der Waals surface area contributed by atoms with Crippen molar-refractivity contribution in [1.82, 2.24) is 9.62 Å². The molecule has 0 aromatic carbocycles. The van der Waals surface area contributed by atoms with Gasteiger partial charge in [0, 0.05) is 19.0 Å². The summed E-state index contributed by atoms with van der Waals surface area (Å²) in [5.74, 6) is 1.32. The van der Waals surface area contributed by atoms with Crippen molar-refractivity contribution >= 4 is 27.3 Å². The van der Waals surface area contributed by atoms with E-state index in [0.29, 0.717) is 38.2 Å². The smallest absolute Gasteiger partial charge is 0.223 e. The molecule has 1 saturated heterocycles. The number of hydrogen-bond donors (Lipinski definition) is 1. The number of sulfonamides is 1. The monoisotopic (exact) mass is 368 g/mol. The van der Waals surface area contributed by atoms with E-state index < -0.39 is 10.0 Å². The van der Waals surface area contributed by atoms with Gasteiger partial charge in [-0.2, -0.15) is 0 Å². The zero-order valence-electron chi connectivity index (χ0n) is 13.4. The van der Waals surface area contributed by atoms with Crippen LogP contribution in [-0.4, -0.2) is 38.0 Å². The van der Waals surface area contributed by atoms with E-state index in [0.717, 1.165) is 10.6 Å². The summed E-state index contributed by atoms with van der Waals surface area (Å²) in [6.07, 6.45) is 2.31. The normalized spacial score (nSPS) is 17.0. The van der Waals surface area contributed by atoms with Gasteiger partial charge in [0.15, 0.2) is 0 Å². The number of piperidine rings is 1. The molecule has 0 aliphatic carbocycles. The molecule has 0 spiro atoms. The highest BCUT2D eigenvalue weighted by atomic mass is 32.2. The van der Waals surface area contributed by atoms with Crippen molar-refractivity contribution in [3.8, 4) is 10.6 Å².